The molecule has 0 aliphatic carbocycles. The monoisotopic (exact) mass is 287 g/mol. The molecule has 1 aliphatic heterocycles. The van der Waals surface area contributed by atoms with Crippen LogP contribution in [0.1, 0.15) is 31.4 Å². The van der Waals surface area contributed by atoms with Crippen molar-refractivity contribution in [2.45, 2.75) is 25.7 Å². The minimum Gasteiger partial charge on any atom is -0.361 e. The lowest BCUT2D eigenvalue weighted by Crippen LogP contribution is -2.27. The predicted molar refractivity (Wildman–Crippen MR) is 81.5 cm³/mol. The Hall–Kier alpha value is -2.11. The number of amides is 1. The fraction of sp³-hybridized carbons (Fsp3) is 0.533. The van der Waals surface area contributed by atoms with E-state index in [1.54, 1.807) is 6.20 Å². The minimum atomic E-state index is 0.227. The van der Waals surface area contributed by atoms with Gasteiger partial charge in [-0.15, -0.1) is 0 Å². The van der Waals surface area contributed by atoms with Crippen molar-refractivity contribution < 1.29 is 4.79 Å². The summed E-state index contributed by atoms with van der Waals surface area (Å²) in [5, 5.41) is 4.33. The second kappa shape index (κ2) is 5.35. The van der Waals surface area contributed by atoms with Crippen LogP contribution in [0.5, 0.6) is 0 Å². The molecule has 0 unspecified atom stereocenters. The maximum atomic E-state index is 11.8. The molecule has 2 aromatic heterocycles. The fourth-order valence-corrected chi connectivity index (χ4v) is 2.91. The number of carbonyl (C=O) groups excluding carboxylic acids is 1. The third-order valence-electron chi connectivity index (χ3n) is 4.07. The molecule has 2 aromatic rings. The summed E-state index contributed by atoms with van der Waals surface area (Å²) in [5.41, 5.74) is 2.02. The van der Waals surface area contributed by atoms with Crippen LogP contribution in [0.2, 0.25) is 0 Å². The van der Waals surface area contributed by atoms with Gasteiger partial charge in [-0.2, -0.15) is 5.10 Å². The molecular weight excluding hydrogens is 266 g/mol. The van der Waals surface area contributed by atoms with Gasteiger partial charge < -0.3 is 9.80 Å². The molecule has 0 saturated carbocycles. The van der Waals surface area contributed by atoms with Crippen molar-refractivity contribution in [1.29, 1.82) is 0 Å². The molecular formula is C15H21N5O. The van der Waals surface area contributed by atoms with Crippen molar-refractivity contribution in [1.82, 2.24) is 19.5 Å². The average molecular weight is 287 g/mol. The lowest BCUT2D eigenvalue weighted by molar-refractivity contribution is -0.129. The summed E-state index contributed by atoms with van der Waals surface area (Å²) in [4.78, 5) is 20.6. The van der Waals surface area contributed by atoms with Gasteiger partial charge in [0.2, 0.25) is 5.91 Å². The number of carbonyl (C=O) groups is 1. The largest absolute Gasteiger partial charge is 0.361 e. The van der Waals surface area contributed by atoms with E-state index in [0.717, 1.165) is 36.5 Å². The Kier molecular flexibility index (Phi) is 3.53. The normalized spacial score (nSPS) is 18.4. The second-order valence-electron chi connectivity index (χ2n) is 5.72. The zero-order valence-electron chi connectivity index (χ0n) is 12.8. The molecule has 0 N–H and O–H groups in total. The van der Waals surface area contributed by atoms with Crippen LogP contribution in [0, 0.1) is 0 Å². The topological polar surface area (TPSA) is 53.7 Å². The van der Waals surface area contributed by atoms with Gasteiger partial charge in [0.25, 0.3) is 0 Å². The second-order valence-corrected chi connectivity index (χ2v) is 5.72. The van der Waals surface area contributed by atoms with E-state index in [9.17, 15) is 4.79 Å². The molecule has 3 rings (SSSR count). The molecule has 1 fully saturated rings. The first-order chi connectivity index (χ1) is 10.1. The van der Waals surface area contributed by atoms with Gasteiger partial charge >= 0.3 is 0 Å². The quantitative estimate of drug-likeness (QED) is 0.859. The maximum absolute atomic E-state index is 11.8. The van der Waals surface area contributed by atoms with E-state index >= 15 is 0 Å². The van der Waals surface area contributed by atoms with Crippen LogP contribution < -0.4 is 4.90 Å². The molecule has 112 valence electrons. The standard InChI is InChI=1S/C15H21N5O/c1-4-14(21)19-8-6-11(9-19)12-10-20-13(5-7-16-20)15(17-12)18(2)3/h5,7,10-11H,4,6,8-9H2,1-3H3/t11-/m0/s1. The van der Waals surface area contributed by atoms with Gasteiger partial charge in [-0.1, -0.05) is 6.92 Å². The van der Waals surface area contributed by atoms with Crippen molar-refractivity contribution in [2.75, 3.05) is 32.1 Å². The van der Waals surface area contributed by atoms with E-state index < -0.39 is 0 Å². The third kappa shape index (κ3) is 2.46. The number of nitrogens with zero attached hydrogens (tertiary/aromatic N) is 5. The van der Waals surface area contributed by atoms with Gasteiger partial charge in [0.1, 0.15) is 5.52 Å². The number of anilines is 1. The van der Waals surface area contributed by atoms with E-state index in [1.165, 1.54) is 0 Å². The van der Waals surface area contributed by atoms with Crippen LogP contribution in [-0.4, -0.2) is 52.6 Å². The summed E-state index contributed by atoms with van der Waals surface area (Å²) >= 11 is 0. The summed E-state index contributed by atoms with van der Waals surface area (Å²) < 4.78 is 1.88. The van der Waals surface area contributed by atoms with Crippen LogP contribution in [0.25, 0.3) is 5.52 Å². The SMILES string of the molecule is CCC(=O)N1CC[C@H](c2cn3nccc3c(N(C)C)n2)C1. The molecule has 1 atom stereocenters. The number of fused-ring (bicyclic) bond motifs is 1. The Balaban J connectivity index is 1.93. The van der Waals surface area contributed by atoms with E-state index in [1.807, 2.05) is 47.6 Å². The van der Waals surface area contributed by atoms with Gasteiger partial charge in [-0.3, -0.25) is 4.79 Å². The van der Waals surface area contributed by atoms with Crippen LogP contribution in [0.15, 0.2) is 18.5 Å². The molecule has 0 radical (unpaired) electrons. The Bertz CT molecular complexity index is 663. The number of aromatic nitrogens is 3. The summed E-state index contributed by atoms with van der Waals surface area (Å²) in [6.45, 7) is 3.50. The fourth-order valence-electron chi connectivity index (χ4n) is 2.91. The Morgan fingerprint density at radius 3 is 3.00 bits per heavy atom. The summed E-state index contributed by atoms with van der Waals surface area (Å²) in [7, 11) is 3.97. The number of hydrogen-bond acceptors (Lipinski definition) is 4. The highest BCUT2D eigenvalue weighted by Gasteiger charge is 2.28. The van der Waals surface area contributed by atoms with Crippen molar-refractivity contribution in [3.8, 4) is 0 Å². The van der Waals surface area contributed by atoms with Gasteiger partial charge in [0.05, 0.1) is 18.1 Å². The molecule has 1 amide bonds. The lowest BCUT2D eigenvalue weighted by Gasteiger charge is -2.18. The van der Waals surface area contributed by atoms with E-state index in [4.69, 9.17) is 4.98 Å². The van der Waals surface area contributed by atoms with Crippen molar-refractivity contribution >= 4 is 17.2 Å². The summed E-state index contributed by atoms with van der Waals surface area (Å²) in [6.07, 6.45) is 5.32. The van der Waals surface area contributed by atoms with E-state index in [-0.39, 0.29) is 5.91 Å². The number of hydrogen-bond donors (Lipinski definition) is 0. The molecule has 6 heteroatoms. The smallest absolute Gasteiger partial charge is 0.222 e. The summed E-state index contributed by atoms with van der Waals surface area (Å²) in [6, 6.07) is 1.97. The highest BCUT2D eigenvalue weighted by Crippen LogP contribution is 2.28. The lowest BCUT2D eigenvalue weighted by atomic mass is 10.1. The molecule has 1 saturated heterocycles. The van der Waals surface area contributed by atoms with Crippen LogP contribution in [-0.2, 0) is 4.79 Å². The predicted octanol–water partition coefficient (Wildman–Crippen LogP) is 1.52. The van der Waals surface area contributed by atoms with Crippen LogP contribution in [0.3, 0.4) is 0 Å². The molecule has 3 heterocycles. The first-order valence-corrected chi connectivity index (χ1v) is 7.39. The molecule has 21 heavy (non-hydrogen) atoms. The van der Waals surface area contributed by atoms with Crippen LogP contribution in [0.4, 0.5) is 5.82 Å². The van der Waals surface area contributed by atoms with Crippen LogP contribution >= 0.6 is 0 Å². The highest BCUT2D eigenvalue weighted by atomic mass is 16.2. The van der Waals surface area contributed by atoms with Gasteiger partial charge in [0.15, 0.2) is 5.82 Å². The number of likely N-dealkylation sites (tertiary alicyclic amines) is 1. The number of rotatable bonds is 3. The molecule has 0 aromatic carbocycles. The first kappa shape index (κ1) is 13.9. The van der Waals surface area contributed by atoms with Crippen molar-refractivity contribution in [3.05, 3.63) is 24.2 Å². The summed E-state index contributed by atoms with van der Waals surface area (Å²) in [5.74, 6) is 1.45. The molecule has 6 nitrogen and oxygen atoms in total. The molecule has 0 spiro atoms. The van der Waals surface area contributed by atoms with E-state index in [0.29, 0.717) is 12.3 Å². The first-order valence-electron chi connectivity index (χ1n) is 7.39. The van der Waals surface area contributed by atoms with Gasteiger partial charge in [-0.25, -0.2) is 9.50 Å². The Morgan fingerprint density at radius 2 is 2.29 bits per heavy atom. The van der Waals surface area contributed by atoms with Gasteiger partial charge in [0, 0.05) is 39.5 Å². The Labute approximate surface area is 124 Å². The van der Waals surface area contributed by atoms with Gasteiger partial charge in [-0.05, 0) is 12.5 Å². The highest BCUT2D eigenvalue weighted by molar-refractivity contribution is 5.76. The van der Waals surface area contributed by atoms with E-state index in [2.05, 4.69) is 5.10 Å². The van der Waals surface area contributed by atoms with Crippen molar-refractivity contribution in [2.24, 2.45) is 0 Å². The maximum Gasteiger partial charge on any atom is 0.222 e. The molecule has 0 bridgehead atoms. The zero-order valence-corrected chi connectivity index (χ0v) is 12.8. The Morgan fingerprint density at radius 1 is 1.48 bits per heavy atom. The minimum absolute atomic E-state index is 0.227. The third-order valence-corrected chi connectivity index (χ3v) is 4.07. The van der Waals surface area contributed by atoms with Crippen molar-refractivity contribution in [3.63, 3.8) is 0 Å². The average Bonchev–Trinajstić information content (AvgIpc) is 3.13. The zero-order chi connectivity index (χ0) is 15.0. The molecule has 1 aliphatic rings.